The topological polar surface area (TPSA) is 42.0 Å². The van der Waals surface area contributed by atoms with Gasteiger partial charge in [-0.05, 0) is 18.9 Å². The first-order valence-electron chi connectivity index (χ1n) is 8.21. The smallest absolute Gasteiger partial charge is 0.316 e. The lowest BCUT2D eigenvalue weighted by molar-refractivity contribution is -0.138. The number of alkyl halides is 3. The van der Waals surface area contributed by atoms with Gasteiger partial charge in [0.25, 0.3) is 5.82 Å². The van der Waals surface area contributed by atoms with Gasteiger partial charge in [0.1, 0.15) is 6.04 Å². The van der Waals surface area contributed by atoms with Gasteiger partial charge >= 0.3 is 12.1 Å². The Morgan fingerprint density at radius 1 is 1.21 bits per heavy atom. The van der Waals surface area contributed by atoms with Gasteiger partial charge in [0.15, 0.2) is 0 Å². The van der Waals surface area contributed by atoms with E-state index in [0.29, 0.717) is 51.2 Å². The minimum Gasteiger partial charge on any atom is -0.316 e. The summed E-state index contributed by atoms with van der Waals surface area (Å²) in [4.78, 5) is 16.6. The van der Waals surface area contributed by atoms with Crippen molar-refractivity contribution < 1.29 is 22.4 Å². The summed E-state index contributed by atoms with van der Waals surface area (Å²) in [6.07, 6.45) is -0.892. The van der Waals surface area contributed by atoms with Gasteiger partial charge in [0, 0.05) is 32.1 Å². The van der Waals surface area contributed by atoms with Crippen molar-refractivity contribution in [3.63, 3.8) is 0 Å². The van der Waals surface area contributed by atoms with Gasteiger partial charge in [0.05, 0.1) is 18.5 Å². The number of pyridine rings is 1. The van der Waals surface area contributed by atoms with E-state index < -0.39 is 17.6 Å². The number of halogens is 4. The van der Waals surface area contributed by atoms with Crippen LogP contribution in [0.4, 0.5) is 23.4 Å². The predicted octanol–water partition coefficient (Wildman–Crippen LogP) is 3.01. The Balaban J connectivity index is 2.07. The normalized spacial score (nSPS) is 26.6. The highest BCUT2D eigenvalue weighted by Crippen LogP contribution is 2.38. The van der Waals surface area contributed by atoms with E-state index >= 15 is 0 Å². The third-order valence-electron chi connectivity index (χ3n) is 5.06. The fourth-order valence-electron chi connectivity index (χ4n) is 3.87. The molecule has 24 heavy (non-hydrogen) atoms. The van der Waals surface area contributed by atoms with Crippen molar-refractivity contribution in [3.05, 3.63) is 23.6 Å². The van der Waals surface area contributed by atoms with E-state index in [1.165, 1.54) is 0 Å². The summed E-state index contributed by atoms with van der Waals surface area (Å²) in [7, 11) is 0. The summed E-state index contributed by atoms with van der Waals surface area (Å²) in [5.41, 5.74) is -1.13. The first-order chi connectivity index (χ1) is 11.4. The van der Waals surface area contributed by atoms with E-state index in [9.17, 15) is 22.4 Å². The van der Waals surface area contributed by atoms with Crippen LogP contribution in [0.15, 0.2) is 12.3 Å². The molecule has 1 aromatic rings. The van der Waals surface area contributed by atoms with Crippen molar-refractivity contribution in [2.45, 2.75) is 44.3 Å². The lowest BCUT2D eigenvalue weighted by Crippen LogP contribution is -2.65. The number of quaternary nitrogens is 1. The zero-order chi connectivity index (χ0) is 17.4. The summed E-state index contributed by atoms with van der Waals surface area (Å²) in [6, 6.07) is 0.323. The first-order valence-corrected chi connectivity index (χ1v) is 8.21. The molecule has 1 unspecified atom stereocenters. The van der Waals surface area contributed by atoms with Gasteiger partial charge in [-0.1, -0.05) is 0 Å². The molecular weight excluding hydrogens is 326 g/mol. The molecule has 1 aromatic heterocycles. The molecule has 132 valence electrons. The maximum atomic E-state index is 14.6. The Morgan fingerprint density at radius 2 is 1.92 bits per heavy atom. The molecule has 1 amide bonds. The fourth-order valence-corrected chi connectivity index (χ4v) is 3.87. The predicted molar refractivity (Wildman–Crippen MR) is 80.6 cm³/mol. The SMILES string of the molecule is O=C1CCCC[N+]1(c1ncc(C(F)(F)F)cc1F)C1CCNCC1. The van der Waals surface area contributed by atoms with Gasteiger partial charge in [0.2, 0.25) is 5.82 Å². The van der Waals surface area contributed by atoms with Crippen LogP contribution in [0, 0.1) is 5.82 Å². The van der Waals surface area contributed by atoms with Crippen LogP contribution in [0.2, 0.25) is 0 Å². The monoisotopic (exact) mass is 346 g/mol. The molecule has 1 N–H and O–H groups in total. The summed E-state index contributed by atoms with van der Waals surface area (Å²) in [5, 5.41) is 3.20. The molecule has 2 saturated heterocycles. The maximum Gasteiger partial charge on any atom is 0.418 e. The molecule has 0 aromatic carbocycles. The molecule has 2 aliphatic heterocycles. The zero-order valence-corrected chi connectivity index (χ0v) is 13.2. The third-order valence-corrected chi connectivity index (χ3v) is 5.06. The maximum absolute atomic E-state index is 14.6. The molecule has 0 spiro atoms. The number of amides is 1. The van der Waals surface area contributed by atoms with Crippen LogP contribution in [-0.2, 0) is 11.0 Å². The number of nitrogens with one attached hydrogen (secondary N) is 1. The lowest BCUT2D eigenvalue weighted by atomic mass is 9.95. The Labute approximate surface area is 137 Å². The molecule has 0 saturated carbocycles. The van der Waals surface area contributed by atoms with Gasteiger partial charge in [-0.2, -0.15) is 17.6 Å². The minimum atomic E-state index is -4.65. The Bertz CT molecular complexity index is 628. The number of likely N-dealkylation sites (tertiary alicyclic amines) is 1. The number of nitrogens with zero attached hydrogens (tertiary/aromatic N) is 2. The van der Waals surface area contributed by atoms with E-state index in [0.717, 1.165) is 12.8 Å². The molecule has 1 atom stereocenters. The molecular formula is C16H20F4N3O+. The van der Waals surface area contributed by atoms with E-state index in [1.54, 1.807) is 0 Å². The first kappa shape index (κ1) is 17.3. The van der Waals surface area contributed by atoms with Crippen molar-refractivity contribution in [3.8, 4) is 0 Å². The highest BCUT2D eigenvalue weighted by Gasteiger charge is 2.50. The summed E-state index contributed by atoms with van der Waals surface area (Å²) in [6.45, 7) is 1.82. The molecule has 2 aliphatic rings. The highest BCUT2D eigenvalue weighted by molar-refractivity contribution is 5.89. The molecule has 0 aliphatic carbocycles. The standard InChI is InChI=1S/C16H20F4N3O/c17-13-9-11(16(18,19)20)10-22-15(13)23(8-2-1-3-14(23)24)12-4-6-21-7-5-12/h9-10,12,21H,1-8H2/q+1. The van der Waals surface area contributed by atoms with Crippen LogP contribution in [0.5, 0.6) is 0 Å². The number of aromatic nitrogens is 1. The molecule has 3 heterocycles. The minimum absolute atomic E-state index is 0.140. The van der Waals surface area contributed by atoms with Crippen LogP contribution in [-0.4, -0.2) is 36.6 Å². The van der Waals surface area contributed by atoms with Crippen LogP contribution >= 0.6 is 0 Å². The summed E-state index contributed by atoms with van der Waals surface area (Å²) in [5.74, 6) is -1.34. The van der Waals surface area contributed by atoms with Gasteiger partial charge in [-0.15, -0.1) is 0 Å². The number of hydrogen-bond donors (Lipinski definition) is 1. The number of carbonyl (C=O) groups excluding carboxylic acids is 1. The van der Waals surface area contributed by atoms with Gasteiger partial charge in [-0.25, -0.2) is 14.3 Å². The molecule has 0 radical (unpaired) electrons. The van der Waals surface area contributed by atoms with Crippen molar-refractivity contribution in [1.29, 1.82) is 0 Å². The second-order valence-corrected chi connectivity index (χ2v) is 6.45. The number of rotatable bonds is 2. The number of piperidine rings is 2. The van der Waals surface area contributed by atoms with Gasteiger partial charge < -0.3 is 5.32 Å². The van der Waals surface area contributed by atoms with Crippen molar-refractivity contribution in [2.75, 3.05) is 19.6 Å². The molecule has 8 heteroatoms. The van der Waals surface area contributed by atoms with E-state index in [1.807, 2.05) is 0 Å². The zero-order valence-electron chi connectivity index (χ0n) is 13.2. The second-order valence-electron chi connectivity index (χ2n) is 6.45. The van der Waals surface area contributed by atoms with Crippen LogP contribution in [0.1, 0.15) is 37.7 Å². The molecule has 0 bridgehead atoms. The summed E-state index contributed by atoms with van der Waals surface area (Å²) < 4.78 is 52.7. The molecule has 3 rings (SSSR count). The summed E-state index contributed by atoms with van der Waals surface area (Å²) >= 11 is 0. The largest absolute Gasteiger partial charge is 0.418 e. The fraction of sp³-hybridized carbons (Fsp3) is 0.625. The average molecular weight is 346 g/mol. The van der Waals surface area contributed by atoms with E-state index in [2.05, 4.69) is 10.3 Å². The average Bonchev–Trinajstić information content (AvgIpc) is 2.56. The number of carbonyl (C=O) groups is 1. The van der Waals surface area contributed by atoms with Crippen molar-refractivity contribution in [1.82, 2.24) is 14.8 Å². The Kier molecular flexibility index (Phi) is 4.61. The second kappa shape index (κ2) is 6.40. The van der Waals surface area contributed by atoms with Crippen molar-refractivity contribution in [2.24, 2.45) is 0 Å². The quantitative estimate of drug-likeness (QED) is 0.661. The lowest BCUT2D eigenvalue weighted by Gasteiger charge is -2.44. The Morgan fingerprint density at radius 3 is 2.50 bits per heavy atom. The van der Waals surface area contributed by atoms with Crippen LogP contribution in [0.25, 0.3) is 0 Å². The van der Waals surface area contributed by atoms with Crippen molar-refractivity contribution >= 4 is 11.7 Å². The highest BCUT2D eigenvalue weighted by atomic mass is 19.4. The Hall–Kier alpha value is -1.54. The van der Waals surface area contributed by atoms with E-state index in [-0.39, 0.29) is 22.2 Å². The van der Waals surface area contributed by atoms with E-state index in [4.69, 9.17) is 0 Å². The number of hydrogen-bond acceptors (Lipinski definition) is 3. The third kappa shape index (κ3) is 2.93. The molecule has 4 nitrogen and oxygen atoms in total. The van der Waals surface area contributed by atoms with Gasteiger partial charge in [-0.3, -0.25) is 0 Å². The van der Waals surface area contributed by atoms with Crippen LogP contribution in [0.3, 0.4) is 0 Å². The molecule has 2 fully saturated rings. The van der Waals surface area contributed by atoms with Crippen LogP contribution < -0.4 is 9.80 Å².